The largest absolute Gasteiger partial charge is 0.466 e. The van der Waals surface area contributed by atoms with Crippen LogP contribution in [0.25, 0.3) is 22.2 Å². The molecule has 0 aliphatic rings. The molecule has 0 aliphatic carbocycles. The van der Waals surface area contributed by atoms with Gasteiger partial charge in [0.15, 0.2) is 0 Å². The summed E-state index contributed by atoms with van der Waals surface area (Å²) in [6.07, 6.45) is 1.66. The van der Waals surface area contributed by atoms with E-state index in [0.717, 1.165) is 27.7 Å². The van der Waals surface area contributed by atoms with Crippen molar-refractivity contribution < 1.29 is 13.9 Å². The van der Waals surface area contributed by atoms with Gasteiger partial charge in [-0.25, -0.2) is 4.39 Å². The summed E-state index contributed by atoms with van der Waals surface area (Å²) < 4.78 is 18.9. The Balaban J connectivity index is 2.00. The van der Waals surface area contributed by atoms with Crippen molar-refractivity contribution in [1.29, 1.82) is 0 Å². The van der Waals surface area contributed by atoms with Gasteiger partial charge in [-0.15, -0.1) is 0 Å². The first kappa shape index (κ1) is 19.4. The molecule has 1 heterocycles. The van der Waals surface area contributed by atoms with Gasteiger partial charge >= 0.3 is 5.97 Å². The topological polar surface area (TPSA) is 68.1 Å². The SMILES string of the molecule is CCOC(=O)CCCc1c(-c2ccc(F)c(CN)c2)[nH]c2ccc(Cl)cc12. The molecule has 0 amide bonds. The van der Waals surface area contributed by atoms with Gasteiger partial charge in [0.05, 0.1) is 6.61 Å². The monoisotopic (exact) mass is 388 g/mol. The lowest BCUT2D eigenvalue weighted by Gasteiger charge is -2.08. The van der Waals surface area contributed by atoms with Crippen molar-refractivity contribution >= 4 is 28.5 Å². The van der Waals surface area contributed by atoms with Crippen LogP contribution in [0.4, 0.5) is 4.39 Å². The van der Waals surface area contributed by atoms with Crippen LogP contribution in [0.15, 0.2) is 36.4 Å². The van der Waals surface area contributed by atoms with Crippen molar-refractivity contribution in [3.63, 3.8) is 0 Å². The zero-order valence-electron chi connectivity index (χ0n) is 15.1. The number of halogens is 2. The molecule has 0 aliphatic heterocycles. The summed E-state index contributed by atoms with van der Waals surface area (Å²) in [6, 6.07) is 10.6. The van der Waals surface area contributed by atoms with Crippen LogP contribution in [0, 0.1) is 5.82 Å². The number of fused-ring (bicyclic) bond motifs is 1. The fourth-order valence-electron chi connectivity index (χ4n) is 3.26. The third kappa shape index (κ3) is 4.31. The Morgan fingerprint density at radius 2 is 2.07 bits per heavy atom. The summed E-state index contributed by atoms with van der Waals surface area (Å²) in [6.45, 7) is 2.30. The maximum absolute atomic E-state index is 13.8. The highest BCUT2D eigenvalue weighted by atomic mass is 35.5. The Bertz CT molecular complexity index is 968. The zero-order chi connectivity index (χ0) is 19.4. The van der Waals surface area contributed by atoms with E-state index in [1.807, 2.05) is 18.2 Å². The molecule has 1 aromatic heterocycles. The third-order valence-electron chi connectivity index (χ3n) is 4.54. The van der Waals surface area contributed by atoms with Crippen molar-refractivity contribution in [2.45, 2.75) is 32.7 Å². The van der Waals surface area contributed by atoms with Gasteiger partial charge in [-0.05, 0) is 67.3 Å². The van der Waals surface area contributed by atoms with E-state index in [-0.39, 0.29) is 18.3 Å². The first-order valence-electron chi connectivity index (χ1n) is 8.98. The van der Waals surface area contributed by atoms with Crippen LogP contribution in [0.3, 0.4) is 0 Å². The Labute approximate surface area is 162 Å². The van der Waals surface area contributed by atoms with Crippen molar-refractivity contribution in [2.75, 3.05) is 6.61 Å². The molecule has 3 N–H and O–H groups in total. The quantitative estimate of drug-likeness (QED) is 0.561. The number of aryl methyl sites for hydroxylation is 1. The molecule has 6 heteroatoms. The van der Waals surface area contributed by atoms with Gasteiger partial charge in [-0.2, -0.15) is 0 Å². The third-order valence-corrected chi connectivity index (χ3v) is 4.77. The molecule has 0 saturated heterocycles. The molecule has 0 unspecified atom stereocenters. The lowest BCUT2D eigenvalue weighted by molar-refractivity contribution is -0.143. The molecule has 142 valence electrons. The Kier molecular flexibility index (Phi) is 6.14. The van der Waals surface area contributed by atoms with E-state index in [2.05, 4.69) is 4.98 Å². The molecule has 0 spiro atoms. The van der Waals surface area contributed by atoms with Crippen molar-refractivity contribution in [1.82, 2.24) is 4.98 Å². The van der Waals surface area contributed by atoms with Crippen LogP contribution in [0.5, 0.6) is 0 Å². The van der Waals surface area contributed by atoms with Gasteiger partial charge in [0, 0.05) is 40.1 Å². The lowest BCUT2D eigenvalue weighted by Crippen LogP contribution is -2.04. The zero-order valence-corrected chi connectivity index (χ0v) is 15.9. The van der Waals surface area contributed by atoms with Gasteiger partial charge in [0.25, 0.3) is 0 Å². The minimum atomic E-state index is -0.315. The van der Waals surface area contributed by atoms with Crippen LogP contribution >= 0.6 is 11.6 Å². The van der Waals surface area contributed by atoms with E-state index >= 15 is 0 Å². The predicted molar refractivity (Wildman–Crippen MR) is 106 cm³/mol. The number of aromatic amines is 1. The number of benzene rings is 2. The van der Waals surface area contributed by atoms with E-state index in [1.165, 1.54) is 6.07 Å². The summed E-state index contributed by atoms with van der Waals surface area (Å²) in [4.78, 5) is 15.1. The average molecular weight is 389 g/mol. The minimum absolute atomic E-state index is 0.129. The number of nitrogens with one attached hydrogen (secondary N) is 1. The molecule has 0 atom stereocenters. The first-order chi connectivity index (χ1) is 13.0. The average Bonchev–Trinajstić information content (AvgIpc) is 3.00. The Morgan fingerprint density at radius 1 is 1.26 bits per heavy atom. The number of aromatic nitrogens is 1. The predicted octanol–water partition coefficient (Wildman–Crippen LogP) is 4.97. The van der Waals surface area contributed by atoms with Gasteiger partial charge in [-0.1, -0.05) is 11.6 Å². The normalized spacial score (nSPS) is 11.1. The van der Waals surface area contributed by atoms with Gasteiger partial charge in [0.1, 0.15) is 5.82 Å². The molecule has 0 fully saturated rings. The van der Waals surface area contributed by atoms with Gasteiger partial charge < -0.3 is 15.5 Å². The summed E-state index contributed by atoms with van der Waals surface area (Å²) in [5.41, 5.74) is 9.86. The number of nitrogens with two attached hydrogens (primary N) is 1. The molecule has 2 aromatic carbocycles. The molecule has 27 heavy (non-hydrogen) atoms. The molecule has 4 nitrogen and oxygen atoms in total. The summed E-state index contributed by atoms with van der Waals surface area (Å²) in [5, 5.41) is 1.64. The van der Waals surface area contributed by atoms with Crippen LogP contribution in [0.2, 0.25) is 5.02 Å². The molecule has 0 radical (unpaired) electrons. The van der Waals surface area contributed by atoms with Crippen molar-refractivity contribution in [3.05, 3.63) is 58.4 Å². The Hall–Kier alpha value is -2.37. The second-order valence-corrected chi connectivity index (χ2v) is 6.77. The molecule has 0 bridgehead atoms. The van der Waals surface area contributed by atoms with Gasteiger partial charge in [0.2, 0.25) is 0 Å². The highest BCUT2D eigenvalue weighted by molar-refractivity contribution is 6.31. The van der Waals surface area contributed by atoms with E-state index < -0.39 is 0 Å². The molecule has 0 saturated carbocycles. The molecular formula is C21H22ClFN2O2. The van der Waals surface area contributed by atoms with Crippen molar-refractivity contribution in [3.8, 4) is 11.3 Å². The summed E-state index contributed by atoms with van der Waals surface area (Å²) >= 11 is 6.19. The highest BCUT2D eigenvalue weighted by Gasteiger charge is 2.15. The minimum Gasteiger partial charge on any atom is -0.466 e. The molecular weight excluding hydrogens is 367 g/mol. The maximum atomic E-state index is 13.8. The van der Waals surface area contributed by atoms with E-state index in [9.17, 15) is 9.18 Å². The number of H-pyrrole nitrogens is 1. The smallest absolute Gasteiger partial charge is 0.305 e. The standard InChI is InChI=1S/C21H22ClFN2O2/c1-2-27-20(26)5-3-4-16-17-11-15(22)7-9-19(17)25-21(16)13-6-8-18(23)14(10-13)12-24/h6-11,25H,2-5,12,24H2,1H3. The number of esters is 1. The second-order valence-electron chi connectivity index (χ2n) is 6.34. The Morgan fingerprint density at radius 3 is 2.81 bits per heavy atom. The number of hydrogen-bond donors (Lipinski definition) is 2. The number of ether oxygens (including phenoxy) is 1. The van der Waals surface area contributed by atoms with E-state index in [1.54, 1.807) is 19.1 Å². The number of carbonyl (C=O) groups is 1. The van der Waals surface area contributed by atoms with Crippen LogP contribution in [-0.4, -0.2) is 17.6 Å². The summed E-state index contributed by atoms with van der Waals surface area (Å²) in [7, 11) is 0. The molecule has 3 aromatic rings. The number of rotatable bonds is 7. The fraction of sp³-hybridized carbons (Fsp3) is 0.286. The lowest BCUT2D eigenvalue weighted by atomic mass is 9.99. The van der Waals surface area contributed by atoms with E-state index in [4.69, 9.17) is 22.1 Å². The van der Waals surface area contributed by atoms with Gasteiger partial charge in [-0.3, -0.25) is 4.79 Å². The first-order valence-corrected chi connectivity index (χ1v) is 9.35. The second kappa shape index (κ2) is 8.55. The molecule has 3 rings (SSSR count). The van der Waals surface area contributed by atoms with Crippen molar-refractivity contribution in [2.24, 2.45) is 5.73 Å². The van der Waals surface area contributed by atoms with Crippen LogP contribution in [0.1, 0.15) is 30.9 Å². The van der Waals surface area contributed by atoms with Crippen LogP contribution < -0.4 is 5.73 Å². The summed E-state index contributed by atoms with van der Waals surface area (Å²) in [5.74, 6) is -0.520. The fourth-order valence-corrected chi connectivity index (χ4v) is 3.43. The highest BCUT2D eigenvalue weighted by Crippen LogP contribution is 2.34. The van der Waals surface area contributed by atoms with Crippen LogP contribution in [-0.2, 0) is 22.5 Å². The number of carbonyl (C=O) groups excluding carboxylic acids is 1. The number of hydrogen-bond acceptors (Lipinski definition) is 3. The van der Waals surface area contributed by atoms with E-state index in [0.29, 0.717) is 36.5 Å². The maximum Gasteiger partial charge on any atom is 0.305 e.